The van der Waals surface area contributed by atoms with Crippen LogP contribution in [0.4, 0.5) is 0 Å². The van der Waals surface area contributed by atoms with Gasteiger partial charge >= 0.3 is 0 Å². The Morgan fingerprint density at radius 3 is 3.00 bits per heavy atom. The van der Waals surface area contributed by atoms with Crippen molar-refractivity contribution in [1.29, 1.82) is 0 Å². The Labute approximate surface area is 157 Å². The van der Waals surface area contributed by atoms with Crippen LogP contribution in [0.5, 0.6) is 0 Å². The average molecular weight is 375 g/mol. The van der Waals surface area contributed by atoms with E-state index in [1.165, 1.54) is 0 Å². The van der Waals surface area contributed by atoms with Crippen LogP contribution in [0.3, 0.4) is 0 Å². The summed E-state index contributed by atoms with van der Waals surface area (Å²) in [4.78, 5) is 30.8. The van der Waals surface area contributed by atoms with Gasteiger partial charge < -0.3 is 19.6 Å². The van der Waals surface area contributed by atoms with Gasteiger partial charge in [0, 0.05) is 32.5 Å². The van der Waals surface area contributed by atoms with E-state index in [-0.39, 0.29) is 18.2 Å². The van der Waals surface area contributed by atoms with Crippen molar-refractivity contribution < 1.29 is 18.5 Å². The van der Waals surface area contributed by atoms with Crippen molar-refractivity contribution in [2.45, 2.75) is 45.7 Å². The van der Waals surface area contributed by atoms with Gasteiger partial charge in [0.05, 0.1) is 19.0 Å². The van der Waals surface area contributed by atoms with Gasteiger partial charge in [0.1, 0.15) is 11.5 Å². The second kappa shape index (κ2) is 8.81. The highest BCUT2D eigenvalue weighted by Crippen LogP contribution is 2.15. The van der Waals surface area contributed by atoms with Gasteiger partial charge in [0.15, 0.2) is 5.82 Å². The number of nitrogens with zero attached hydrogens (tertiary/aromatic N) is 3. The van der Waals surface area contributed by atoms with Crippen LogP contribution in [-0.4, -0.2) is 52.5 Å². The van der Waals surface area contributed by atoms with Gasteiger partial charge in [-0.3, -0.25) is 14.5 Å². The number of carbonyl (C=O) groups is 2. The van der Waals surface area contributed by atoms with Gasteiger partial charge in [-0.2, -0.15) is 4.98 Å². The van der Waals surface area contributed by atoms with Crippen molar-refractivity contribution in [1.82, 2.24) is 25.7 Å². The molecule has 2 amide bonds. The molecule has 2 aromatic rings. The third-order valence-electron chi connectivity index (χ3n) is 4.46. The Morgan fingerprint density at radius 2 is 2.30 bits per heavy atom. The summed E-state index contributed by atoms with van der Waals surface area (Å²) in [7, 11) is 0. The summed E-state index contributed by atoms with van der Waals surface area (Å²) in [5.41, 5.74) is 0. The van der Waals surface area contributed by atoms with Crippen molar-refractivity contribution in [3.8, 4) is 0 Å². The molecule has 2 aromatic heterocycles. The molecule has 2 N–H and O–H groups in total. The number of nitrogens with one attached hydrogen (secondary N) is 2. The molecule has 9 nitrogen and oxygen atoms in total. The van der Waals surface area contributed by atoms with E-state index in [1.807, 2.05) is 30.9 Å². The topological polar surface area (TPSA) is 114 Å². The van der Waals surface area contributed by atoms with Crippen LogP contribution < -0.4 is 10.6 Å². The highest BCUT2D eigenvalue weighted by molar-refractivity contribution is 5.88. The Kier molecular flexibility index (Phi) is 6.23. The fraction of sp³-hybridized carbons (Fsp3) is 0.556. The van der Waals surface area contributed by atoms with Crippen LogP contribution in [0.2, 0.25) is 0 Å². The number of rotatable bonds is 8. The molecule has 1 aliphatic rings. The first kappa shape index (κ1) is 19.1. The van der Waals surface area contributed by atoms with Gasteiger partial charge in [-0.05, 0) is 19.1 Å². The normalized spacial score (nSPS) is 17.7. The molecule has 9 heteroatoms. The lowest BCUT2D eigenvalue weighted by Crippen LogP contribution is -2.56. The Morgan fingerprint density at radius 1 is 1.44 bits per heavy atom. The molecule has 0 aromatic carbocycles. The van der Waals surface area contributed by atoms with Crippen LogP contribution >= 0.6 is 0 Å². The van der Waals surface area contributed by atoms with E-state index in [2.05, 4.69) is 20.8 Å². The van der Waals surface area contributed by atoms with Gasteiger partial charge in [0.2, 0.25) is 17.7 Å². The van der Waals surface area contributed by atoms with E-state index in [4.69, 9.17) is 8.94 Å². The summed E-state index contributed by atoms with van der Waals surface area (Å²) < 4.78 is 10.6. The molecule has 146 valence electrons. The third kappa shape index (κ3) is 5.16. The minimum absolute atomic E-state index is 0.0952. The highest BCUT2D eigenvalue weighted by Gasteiger charge is 2.32. The first-order chi connectivity index (χ1) is 13.0. The zero-order valence-corrected chi connectivity index (χ0v) is 15.7. The fourth-order valence-corrected chi connectivity index (χ4v) is 3.04. The summed E-state index contributed by atoms with van der Waals surface area (Å²) in [6, 6.07) is 3.28. The SMILES string of the molecule is CCc1nc(CCNC(=O)C[C@@H]2C(=O)NCCN2Cc2ccc(C)o2)no1. The Balaban J connectivity index is 1.50. The quantitative estimate of drug-likeness (QED) is 0.694. The van der Waals surface area contributed by atoms with Crippen LogP contribution in [0.15, 0.2) is 21.1 Å². The second-order valence-corrected chi connectivity index (χ2v) is 6.55. The largest absolute Gasteiger partial charge is 0.465 e. The molecule has 0 saturated carbocycles. The van der Waals surface area contributed by atoms with E-state index in [9.17, 15) is 9.59 Å². The zero-order valence-electron chi connectivity index (χ0n) is 15.7. The first-order valence-electron chi connectivity index (χ1n) is 9.20. The standard InChI is InChI=1S/C18H25N5O4/c1-3-17-21-15(22-27-17)6-7-19-16(24)10-14-18(25)20-8-9-23(14)11-13-5-4-12(2)26-13/h4-5,14H,3,6-11H2,1-2H3,(H,19,24)(H,20,25)/t14-/m1/s1. The molecular weight excluding hydrogens is 350 g/mol. The van der Waals surface area contributed by atoms with E-state index in [0.29, 0.717) is 50.7 Å². The predicted octanol–water partition coefficient (Wildman–Crippen LogP) is 0.583. The molecule has 1 atom stereocenters. The predicted molar refractivity (Wildman–Crippen MR) is 95.7 cm³/mol. The molecule has 1 fully saturated rings. The molecule has 1 saturated heterocycles. The molecule has 1 aliphatic heterocycles. The van der Waals surface area contributed by atoms with Crippen LogP contribution in [0, 0.1) is 6.92 Å². The monoisotopic (exact) mass is 375 g/mol. The molecule has 3 rings (SSSR count). The molecule has 3 heterocycles. The molecular formula is C18H25N5O4. The summed E-state index contributed by atoms with van der Waals surface area (Å²) in [5.74, 6) is 2.45. The molecule has 0 radical (unpaired) electrons. The average Bonchev–Trinajstić information content (AvgIpc) is 3.27. The Hall–Kier alpha value is -2.68. The van der Waals surface area contributed by atoms with Crippen LogP contribution in [0.1, 0.15) is 36.6 Å². The summed E-state index contributed by atoms with van der Waals surface area (Å²) in [6.45, 7) is 5.95. The smallest absolute Gasteiger partial charge is 0.237 e. The number of aryl methyl sites for hydroxylation is 2. The second-order valence-electron chi connectivity index (χ2n) is 6.55. The van der Waals surface area contributed by atoms with Crippen molar-refractivity contribution in [3.05, 3.63) is 35.4 Å². The molecule has 27 heavy (non-hydrogen) atoms. The van der Waals surface area contributed by atoms with Crippen molar-refractivity contribution in [2.24, 2.45) is 0 Å². The van der Waals surface area contributed by atoms with E-state index in [0.717, 1.165) is 11.5 Å². The lowest BCUT2D eigenvalue weighted by molar-refractivity contribution is -0.134. The van der Waals surface area contributed by atoms with E-state index < -0.39 is 6.04 Å². The highest BCUT2D eigenvalue weighted by atomic mass is 16.5. The molecule has 0 unspecified atom stereocenters. The third-order valence-corrected chi connectivity index (χ3v) is 4.46. The van der Waals surface area contributed by atoms with E-state index >= 15 is 0 Å². The van der Waals surface area contributed by atoms with Gasteiger partial charge in [-0.25, -0.2) is 0 Å². The number of hydrogen-bond donors (Lipinski definition) is 2. The maximum atomic E-state index is 12.3. The van der Waals surface area contributed by atoms with Crippen LogP contribution in [0.25, 0.3) is 0 Å². The maximum Gasteiger partial charge on any atom is 0.237 e. The minimum Gasteiger partial charge on any atom is -0.465 e. The molecule has 0 aliphatic carbocycles. The first-order valence-corrected chi connectivity index (χ1v) is 9.20. The minimum atomic E-state index is -0.513. The number of aromatic nitrogens is 2. The van der Waals surface area contributed by atoms with Gasteiger partial charge in [-0.15, -0.1) is 0 Å². The number of amides is 2. The number of piperazine rings is 1. The zero-order chi connectivity index (χ0) is 19.2. The Bertz CT molecular complexity index is 784. The van der Waals surface area contributed by atoms with Gasteiger partial charge in [-0.1, -0.05) is 12.1 Å². The summed E-state index contributed by atoms with van der Waals surface area (Å²) >= 11 is 0. The van der Waals surface area contributed by atoms with Crippen molar-refractivity contribution in [3.63, 3.8) is 0 Å². The number of carbonyl (C=O) groups excluding carboxylic acids is 2. The van der Waals surface area contributed by atoms with Crippen molar-refractivity contribution >= 4 is 11.8 Å². The molecule has 0 spiro atoms. The summed E-state index contributed by atoms with van der Waals surface area (Å²) in [6.07, 6.45) is 1.26. The van der Waals surface area contributed by atoms with E-state index in [1.54, 1.807) is 0 Å². The maximum absolute atomic E-state index is 12.3. The van der Waals surface area contributed by atoms with Gasteiger partial charge in [0.25, 0.3) is 0 Å². The number of hydrogen-bond acceptors (Lipinski definition) is 7. The van der Waals surface area contributed by atoms with Crippen LogP contribution in [-0.2, 0) is 29.0 Å². The summed E-state index contributed by atoms with van der Waals surface area (Å²) in [5, 5.41) is 9.50. The number of furan rings is 1. The molecule has 0 bridgehead atoms. The lowest BCUT2D eigenvalue weighted by Gasteiger charge is -2.34. The fourth-order valence-electron chi connectivity index (χ4n) is 3.04. The lowest BCUT2D eigenvalue weighted by atomic mass is 10.1. The van der Waals surface area contributed by atoms with Crippen molar-refractivity contribution in [2.75, 3.05) is 19.6 Å².